The molecule has 5 heteroatoms. The second kappa shape index (κ2) is 7.71. The molecular weight excluding hydrogens is 480 g/mol. The SMILES string of the molecule is Oc1ccc([Te](c2ccc(O)cc2)(c2ccc(O)cc2)c2ccc(O)cc2)cc1. The molecule has 0 radical (unpaired) electrons. The number of aromatic hydroxyl groups is 4. The van der Waals surface area contributed by atoms with Gasteiger partial charge in [-0.25, -0.2) is 0 Å². The summed E-state index contributed by atoms with van der Waals surface area (Å²) < 4.78 is 4.31. The molecule has 0 bridgehead atoms. The van der Waals surface area contributed by atoms with E-state index in [-0.39, 0.29) is 23.0 Å². The second-order valence-corrected chi connectivity index (χ2v) is 15.5. The molecule has 0 aliphatic heterocycles. The Hall–Kier alpha value is -3.13. The van der Waals surface area contributed by atoms with Crippen LogP contribution in [-0.4, -0.2) is 38.6 Å². The number of hydrogen-bond acceptors (Lipinski definition) is 4. The fourth-order valence-electron chi connectivity index (χ4n) is 3.42. The predicted octanol–water partition coefficient (Wildman–Crippen LogP) is 1.89. The van der Waals surface area contributed by atoms with Crippen molar-refractivity contribution in [2.45, 2.75) is 0 Å². The zero-order chi connectivity index (χ0) is 20.4. The molecule has 146 valence electrons. The van der Waals surface area contributed by atoms with E-state index >= 15 is 0 Å². The van der Waals surface area contributed by atoms with Gasteiger partial charge in [-0.15, -0.1) is 0 Å². The maximum absolute atomic E-state index is 9.87. The first-order chi connectivity index (χ1) is 14.0. The first-order valence-electron chi connectivity index (χ1n) is 9.00. The Morgan fingerprint density at radius 2 is 0.483 bits per heavy atom. The van der Waals surface area contributed by atoms with Crippen LogP contribution >= 0.6 is 0 Å². The van der Waals surface area contributed by atoms with E-state index in [0.717, 1.165) is 14.4 Å². The fraction of sp³-hybridized carbons (Fsp3) is 0. The Morgan fingerprint density at radius 3 is 0.655 bits per heavy atom. The molecule has 4 aromatic carbocycles. The zero-order valence-corrected chi connectivity index (χ0v) is 17.8. The standard InChI is InChI=1S/C24H20O4Te/c25-17-1-9-21(10-2-17)29(22-11-3-18(26)4-12-22,23-13-5-19(27)6-14-23)24-15-7-20(28)8-16-24/h1-16,25-28H. The molecule has 0 fully saturated rings. The molecule has 0 amide bonds. The molecule has 4 rings (SSSR count). The van der Waals surface area contributed by atoms with Gasteiger partial charge in [0, 0.05) is 0 Å². The van der Waals surface area contributed by atoms with Crippen molar-refractivity contribution >= 4 is 32.6 Å². The van der Waals surface area contributed by atoms with Gasteiger partial charge in [0.15, 0.2) is 0 Å². The molecule has 4 N–H and O–H groups in total. The predicted molar refractivity (Wildman–Crippen MR) is 117 cm³/mol. The first kappa shape index (κ1) is 19.2. The van der Waals surface area contributed by atoms with Gasteiger partial charge >= 0.3 is 173 Å². The van der Waals surface area contributed by atoms with Gasteiger partial charge in [-0.2, -0.15) is 0 Å². The molecule has 0 aliphatic carbocycles. The Labute approximate surface area is 172 Å². The van der Waals surface area contributed by atoms with Gasteiger partial charge in [0.1, 0.15) is 0 Å². The van der Waals surface area contributed by atoms with Gasteiger partial charge < -0.3 is 0 Å². The van der Waals surface area contributed by atoms with E-state index in [0.29, 0.717) is 0 Å². The number of hydrogen-bond donors (Lipinski definition) is 4. The number of rotatable bonds is 4. The molecule has 0 unspecified atom stereocenters. The van der Waals surface area contributed by atoms with Crippen LogP contribution in [0.5, 0.6) is 23.0 Å². The maximum atomic E-state index is 9.87. The normalized spacial score (nSPS) is 11.9. The third-order valence-corrected chi connectivity index (χ3v) is 15.9. The van der Waals surface area contributed by atoms with Crippen molar-refractivity contribution in [3.05, 3.63) is 97.1 Å². The summed E-state index contributed by atoms with van der Waals surface area (Å²) in [5.74, 6) is 0.750. The van der Waals surface area contributed by atoms with Crippen molar-refractivity contribution in [3.8, 4) is 23.0 Å². The van der Waals surface area contributed by atoms with Crippen LogP contribution < -0.4 is 14.4 Å². The van der Waals surface area contributed by atoms with E-state index in [1.165, 1.54) is 0 Å². The summed E-state index contributed by atoms with van der Waals surface area (Å²) in [6.45, 7) is 0. The van der Waals surface area contributed by atoms with Crippen LogP contribution in [0.15, 0.2) is 97.1 Å². The Balaban J connectivity index is 2.11. The minimum absolute atomic E-state index is 0.188. The van der Waals surface area contributed by atoms with Crippen molar-refractivity contribution in [2.24, 2.45) is 0 Å². The summed E-state index contributed by atoms with van der Waals surface area (Å²) in [7, 11) is 0. The Morgan fingerprint density at radius 1 is 0.310 bits per heavy atom. The van der Waals surface area contributed by atoms with Gasteiger partial charge in [-0.05, 0) is 0 Å². The van der Waals surface area contributed by atoms with Gasteiger partial charge in [0.05, 0.1) is 0 Å². The molecule has 0 aromatic heterocycles. The first-order valence-corrected chi connectivity index (χ1v) is 13.7. The second-order valence-electron chi connectivity index (χ2n) is 6.59. The van der Waals surface area contributed by atoms with Crippen LogP contribution in [0.2, 0.25) is 0 Å². The third kappa shape index (κ3) is 3.51. The van der Waals surface area contributed by atoms with E-state index in [1.54, 1.807) is 48.5 Å². The van der Waals surface area contributed by atoms with E-state index in [2.05, 4.69) is 0 Å². The van der Waals surface area contributed by atoms with Crippen LogP contribution in [0.3, 0.4) is 0 Å². The van der Waals surface area contributed by atoms with Gasteiger partial charge in [-0.3, -0.25) is 0 Å². The van der Waals surface area contributed by atoms with Crippen LogP contribution in [0.1, 0.15) is 0 Å². The summed E-state index contributed by atoms with van der Waals surface area (Å²) in [6, 6.07) is 28.9. The average Bonchev–Trinajstić information content (AvgIpc) is 2.73. The summed E-state index contributed by atoms with van der Waals surface area (Å²) in [4.78, 5) is 0. The van der Waals surface area contributed by atoms with E-state index in [1.807, 2.05) is 48.5 Å². The number of phenolic OH excluding ortho intramolecular Hbond substituents is 4. The Kier molecular flexibility index (Phi) is 5.10. The van der Waals surface area contributed by atoms with Crippen LogP contribution in [-0.2, 0) is 0 Å². The van der Waals surface area contributed by atoms with Crippen molar-refractivity contribution in [2.75, 3.05) is 0 Å². The summed E-state index contributed by atoms with van der Waals surface area (Å²) in [5, 5.41) is 39.5. The van der Waals surface area contributed by atoms with Gasteiger partial charge in [-0.1, -0.05) is 0 Å². The number of phenols is 4. The summed E-state index contributed by atoms with van der Waals surface area (Å²) in [6.07, 6.45) is 0. The average molecular weight is 500 g/mol. The third-order valence-electron chi connectivity index (χ3n) is 4.76. The molecular formula is C24H20O4Te. The summed E-state index contributed by atoms with van der Waals surface area (Å²) in [5.41, 5.74) is 0. The molecule has 0 spiro atoms. The molecule has 0 saturated carbocycles. The van der Waals surface area contributed by atoms with Crippen LogP contribution in [0.4, 0.5) is 0 Å². The number of benzene rings is 4. The topological polar surface area (TPSA) is 80.9 Å². The molecule has 4 nitrogen and oxygen atoms in total. The van der Waals surface area contributed by atoms with E-state index in [4.69, 9.17) is 0 Å². The zero-order valence-electron chi connectivity index (χ0n) is 15.4. The molecule has 29 heavy (non-hydrogen) atoms. The summed E-state index contributed by atoms with van der Waals surface area (Å²) >= 11 is -3.58. The molecule has 0 atom stereocenters. The molecule has 0 heterocycles. The van der Waals surface area contributed by atoms with Gasteiger partial charge in [0.2, 0.25) is 0 Å². The van der Waals surface area contributed by atoms with Crippen molar-refractivity contribution in [3.63, 3.8) is 0 Å². The van der Waals surface area contributed by atoms with Crippen LogP contribution in [0, 0.1) is 0 Å². The Bertz CT molecular complexity index is 916. The quantitative estimate of drug-likeness (QED) is 0.323. The molecule has 0 saturated heterocycles. The van der Waals surface area contributed by atoms with E-state index in [9.17, 15) is 20.4 Å². The monoisotopic (exact) mass is 502 g/mol. The minimum atomic E-state index is -3.58. The molecule has 0 aliphatic rings. The van der Waals surface area contributed by atoms with Crippen LogP contribution in [0.25, 0.3) is 0 Å². The van der Waals surface area contributed by atoms with E-state index < -0.39 is 18.2 Å². The van der Waals surface area contributed by atoms with Crippen molar-refractivity contribution < 1.29 is 20.4 Å². The van der Waals surface area contributed by atoms with Gasteiger partial charge in [0.25, 0.3) is 0 Å². The van der Waals surface area contributed by atoms with Crippen molar-refractivity contribution in [1.82, 2.24) is 0 Å². The van der Waals surface area contributed by atoms with Crippen molar-refractivity contribution in [1.29, 1.82) is 0 Å². The molecule has 4 aromatic rings. The fourth-order valence-corrected chi connectivity index (χ4v) is 14.3.